The second kappa shape index (κ2) is 6.21. The Morgan fingerprint density at radius 2 is 1.61 bits per heavy atom. The number of rotatable bonds is 1. The summed E-state index contributed by atoms with van der Waals surface area (Å²) in [7, 11) is 0. The maximum absolute atomic E-state index is 6.40. The SMILES string of the molecule is Cc1coc2cc3c(cc12)oc1c(-c2cc(C(C)(C)C)c4ccccc4c2)nccc13. The third-order valence-corrected chi connectivity index (χ3v) is 6.22. The van der Waals surface area contributed by atoms with Crippen molar-refractivity contribution in [3.05, 3.63) is 78.2 Å². The lowest BCUT2D eigenvalue weighted by Gasteiger charge is -2.22. The molecular weight excluding hydrogens is 382 g/mol. The molecule has 0 aliphatic heterocycles. The van der Waals surface area contributed by atoms with Gasteiger partial charge in [0.2, 0.25) is 0 Å². The number of nitrogens with zero attached hydrogens (tertiary/aromatic N) is 1. The molecule has 6 rings (SSSR count). The number of benzene rings is 3. The highest BCUT2D eigenvalue weighted by Gasteiger charge is 2.21. The summed E-state index contributed by atoms with van der Waals surface area (Å²) < 4.78 is 12.1. The van der Waals surface area contributed by atoms with Gasteiger partial charge in [0.1, 0.15) is 16.9 Å². The Bertz CT molecular complexity index is 1630. The van der Waals surface area contributed by atoms with Crippen molar-refractivity contribution in [3.63, 3.8) is 0 Å². The minimum Gasteiger partial charge on any atom is -0.464 e. The molecule has 0 fully saturated rings. The first kappa shape index (κ1) is 18.2. The molecule has 3 heterocycles. The van der Waals surface area contributed by atoms with Crippen LogP contribution in [0.25, 0.3) is 54.9 Å². The predicted octanol–water partition coefficient (Wildman–Crippen LogP) is 8.15. The molecule has 0 bridgehead atoms. The number of hydrogen-bond donors (Lipinski definition) is 0. The smallest absolute Gasteiger partial charge is 0.161 e. The molecule has 0 N–H and O–H groups in total. The minimum atomic E-state index is 0.0133. The third-order valence-electron chi connectivity index (χ3n) is 6.22. The summed E-state index contributed by atoms with van der Waals surface area (Å²) in [6.45, 7) is 8.82. The lowest BCUT2D eigenvalue weighted by molar-refractivity contribution is 0.596. The van der Waals surface area contributed by atoms with Crippen LogP contribution in [0.1, 0.15) is 31.9 Å². The van der Waals surface area contributed by atoms with Crippen molar-refractivity contribution in [1.29, 1.82) is 0 Å². The molecule has 6 aromatic rings. The second-order valence-electron chi connectivity index (χ2n) is 9.40. The van der Waals surface area contributed by atoms with Crippen molar-refractivity contribution in [2.24, 2.45) is 0 Å². The van der Waals surface area contributed by atoms with Crippen molar-refractivity contribution in [2.45, 2.75) is 33.1 Å². The molecule has 152 valence electrons. The molecule has 0 saturated carbocycles. The van der Waals surface area contributed by atoms with Gasteiger partial charge in [-0.3, -0.25) is 4.98 Å². The average molecular weight is 405 g/mol. The third kappa shape index (κ3) is 2.70. The van der Waals surface area contributed by atoms with Crippen LogP contribution < -0.4 is 0 Å². The Morgan fingerprint density at radius 1 is 0.806 bits per heavy atom. The quantitative estimate of drug-likeness (QED) is 0.277. The minimum absolute atomic E-state index is 0.0133. The molecule has 31 heavy (non-hydrogen) atoms. The van der Waals surface area contributed by atoms with Gasteiger partial charge >= 0.3 is 0 Å². The van der Waals surface area contributed by atoms with Crippen LogP contribution in [0.3, 0.4) is 0 Å². The van der Waals surface area contributed by atoms with E-state index in [4.69, 9.17) is 13.8 Å². The topological polar surface area (TPSA) is 39.2 Å². The summed E-state index contributed by atoms with van der Waals surface area (Å²) in [6, 6.07) is 19.2. The van der Waals surface area contributed by atoms with Crippen molar-refractivity contribution in [2.75, 3.05) is 0 Å². The first-order valence-electron chi connectivity index (χ1n) is 10.6. The summed E-state index contributed by atoms with van der Waals surface area (Å²) >= 11 is 0. The van der Waals surface area contributed by atoms with E-state index in [1.54, 1.807) is 6.26 Å². The maximum atomic E-state index is 6.40. The van der Waals surface area contributed by atoms with Gasteiger partial charge in [-0.25, -0.2) is 0 Å². The molecule has 0 radical (unpaired) electrons. The Labute approximate surface area is 180 Å². The summed E-state index contributed by atoms with van der Waals surface area (Å²) in [6.07, 6.45) is 3.66. The summed E-state index contributed by atoms with van der Waals surface area (Å²) in [4.78, 5) is 4.76. The van der Waals surface area contributed by atoms with Crippen LogP contribution in [0.5, 0.6) is 0 Å². The molecule has 3 aromatic heterocycles. The highest BCUT2D eigenvalue weighted by molar-refractivity contribution is 6.12. The van der Waals surface area contributed by atoms with Gasteiger partial charge in [-0.2, -0.15) is 0 Å². The van der Waals surface area contributed by atoms with Crippen molar-refractivity contribution < 1.29 is 8.83 Å². The number of hydrogen-bond acceptors (Lipinski definition) is 3. The fourth-order valence-corrected chi connectivity index (χ4v) is 4.62. The van der Waals surface area contributed by atoms with E-state index in [1.807, 2.05) is 12.3 Å². The van der Waals surface area contributed by atoms with Crippen molar-refractivity contribution >= 4 is 43.7 Å². The van der Waals surface area contributed by atoms with Crippen molar-refractivity contribution in [1.82, 2.24) is 4.98 Å². The van der Waals surface area contributed by atoms with E-state index in [0.29, 0.717) is 0 Å². The molecule has 3 heteroatoms. The molecular formula is C28H23NO2. The van der Waals surface area contributed by atoms with Gasteiger partial charge in [0.05, 0.1) is 6.26 Å². The van der Waals surface area contributed by atoms with E-state index in [2.05, 4.69) is 76.2 Å². The van der Waals surface area contributed by atoms with Gasteiger partial charge in [-0.1, -0.05) is 45.0 Å². The molecule has 0 aliphatic rings. The number of fused-ring (bicyclic) bond motifs is 5. The largest absolute Gasteiger partial charge is 0.464 e. The molecule has 0 amide bonds. The normalized spacial score (nSPS) is 12.5. The number of aromatic nitrogens is 1. The van der Waals surface area contributed by atoms with E-state index in [9.17, 15) is 0 Å². The molecule has 3 nitrogen and oxygen atoms in total. The molecule has 0 unspecified atom stereocenters. The van der Waals surface area contributed by atoms with Gasteiger partial charge < -0.3 is 8.83 Å². The zero-order chi connectivity index (χ0) is 21.3. The van der Waals surface area contributed by atoms with Crippen LogP contribution in [-0.4, -0.2) is 4.98 Å². The standard InChI is InChI=1S/C28H23NO2/c1-16-15-30-24-14-22-20-9-10-29-26(27(20)31-25(22)13-21(16)24)18-11-17-7-5-6-8-19(17)23(12-18)28(2,3)4/h5-15H,1-4H3. The fraction of sp³-hybridized carbons (Fsp3) is 0.179. The lowest BCUT2D eigenvalue weighted by atomic mass is 9.82. The van der Waals surface area contributed by atoms with Crippen LogP contribution >= 0.6 is 0 Å². The number of aryl methyl sites for hydroxylation is 1. The van der Waals surface area contributed by atoms with E-state index >= 15 is 0 Å². The van der Waals surface area contributed by atoms with E-state index in [-0.39, 0.29) is 5.41 Å². The summed E-state index contributed by atoms with van der Waals surface area (Å²) in [5.41, 5.74) is 6.94. The highest BCUT2D eigenvalue weighted by atomic mass is 16.3. The monoisotopic (exact) mass is 405 g/mol. The summed E-state index contributed by atoms with van der Waals surface area (Å²) in [5, 5.41) is 5.69. The average Bonchev–Trinajstić information content (AvgIpc) is 3.30. The Balaban J connectivity index is 1.68. The Morgan fingerprint density at radius 3 is 2.45 bits per heavy atom. The molecule has 0 aliphatic carbocycles. The van der Waals surface area contributed by atoms with E-state index in [0.717, 1.165) is 49.7 Å². The fourth-order valence-electron chi connectivity index (χ4n) is 4.62. The number of pyridine rings is 1. The van der Waals surface area contributed by atoms with Crippen molar-refractivity contribution in [3.8, 4) is 11.3 Å². The molecule has 0 spiro atoms. The number of furan rings is 2. The van der Waals surface area contributed by atoms with Gasteiger partial charge in [-0.15, -0.1) is 0 Å². The summed E-state index contributed by atoms with van der Waals surface area (Å²) in [5.74, 6) is 0. The van der Waals surface area contributed by atoms with Gasteiger partial charge in [0.15, 0.2) is 5.58 Å². The molecule has 0 atom stereocenters. The van der Waals surface area contributed by atoms with Gasteiger partial charge in [0.25, 0.3) is 0 Å². The second-order valence-corrected chi connectivity index (χ2v) is 9.40. The Hall–Kier alpha value is -3.59. The van der Waals surface area contributed by atoms with Crippen LogP contribution in [0.15, 0.2) is 75.9 Å². The van der Waals surface area contributed by atoms with Crippen LogP contribution in [0.4, 0.5) is 0 Å². The molecule has 3 aromatic carbocycles. The maximum Gasteiger partial charge on any atom is 0.161 e. The predicted molar refractivity (Wildman–Crippen MR) is 128 cm³/mol. The highest BCUT2D eigenvalue weighted by Crippen LogP contribution is 2.40. The zero-order valence-corrected chi connectivity index (χ0v) is 18.1. The van der Waals surface area contributed by atoms with Gasteiger partial charge in [0, 0.05) is 27.9 Å². The van der Waals surface area contributed by atoms with E-state index < -0.39 is 0 Å². The van der Waals surface area contributed by atoms with Crippen LogP contribution in [0, 0.1) is 6.92 Å². The molecule has 0 saturated heterocycles. The zero-order valence-electron chi connectivity index (χ0n) is 18.1. The van der Waals surface area contributed by atoms with Crippen LogP contribution in [0.2, 0.25) is 0 Å². The Kier molecular flexibility index (Phi) is 3.64. The lowest BCUT2D eigenvalue weighted by Crippen LogP contribution is -2.12. The van der Waals surface area contributed by atoms with Crippen LogP contribution in [-0.2, 0) is 5.41 Å². The first-order valence-corrected chi connectivity index (χ1v) is 10.6. The van der Waals surface area contributed by atoms with E-state index in [1.165, 1.54) is 16.3 Å². The first-order chi connectivity index (χ1) is 14.9. The van der Waals surface area contributed by atoms with Gasteiger partial charge in [-0.05, 0) is 64.6 Å².